The minimum absolute atomic E-state index is 0.161. The molecule has 0 spiro atoms. The number of aryl methyl sites for hydroxylation is 1. The van der Waals surface area contributed by atoms with Crippen LogP contribution in [0.1, 0.15) is 26.3 Å². The lowest BCUT2D eigenvalue weighted by Crippen LogP contribution is -2.17. The summed E-state index contributed by atoms with van der Waals surface area (Å²) < 4.78 is 1.97. The number of fused-ring (bicyclic) bond motifs is 1. The van der Waals surface area contributed by atoms with Crippen LogP contribution in [0, 0.1) is 0 Å². The predicted octanol–water partition coefficient (Wildman–Crippen LogP) is 5.81. The van der Waals surface area contributed by atoms with Crippen LogP contribution in [0.25, 0.3) is 22.4 Å². The monoisotopic (exact) mass is 450 g/mol. The van der Waals surface area contributed by atoms with Crippen molar-refractivity contribution in [3.05, 3.63) is 59.5 Å². The molecule has 0 unspecified atom stereocenters. The zero-order chi connectivity index (χ0) is 23.0. The minimum atomic E-state index is -1.12. The molecule has 9 heteroatoms. The van der Waals surface area contributed by atoms with Crippen molar-refractivity contribution >= 4 is 45.9 Å². The van der Waals surface area contributed by atoms with Crippen LogP contribution in [0.15, 0.2) is 48.7 Å². The SMILES string of the molecule is Cn1c(-c2c(NC(=O)O)cccc2C(C)(C)C)nc2cc(Nc3ccnc(Cl)n3)ccc21. The van der Waals surface area contributed by atoms with Crippen LogP contribution < -0.4 is 10.6 Å². The number of amides is 1. The summed E-state index contributed by atoms with van der Waals surface area (Å²) in [4.78, 5) is 24.4. The van der Waals surface area contributed by atoms with E-state index in [4.69, 9.17) is 16.6 Å². The number of imidazole rings is 1. The molecule has 0 aliphatic carbocycles. The first-order chi connectivity index (χ1) is 15.1. The van der Waals surface area contributed by atoms with Gasteiger partial charge in [0.2, 0.25) is 5.28 Å². The topological polar surface area (TPSA) is 105 Å². The second-order valence-electron chi connectivity index (χ2n) is 8.44. The molecule has 0 bridgehead atoms. The van der Waals surface area contributed by atoms with E-state index in [1.807, 2.05) is 41.9 Å². The number of aromatic nitrogens is 4. The molecule has 0 saturated heterocycles. The number of carboxylic acid groups (broad SMARTS) is 1. The van der Waals surface area contributed by atoms with E-state index >= 15 is 0 Å². The lowest BCUT2D eigenvalue weighted by Gasteiger charge is -2.24. The molecular formula is C23H23ClN6O2. The van der Waals surface area contributed by atoms with Gasteiger partial charge in [-0.3, -0.25) is 5.32 Å². The normalized spacial score (nSPS) is 11.5. The molecule has 0 radical (unpaired) electrons. The average Bonchev–Trinajstić information content (AvgIpc) is 3.02. The molecule has 4 rings (SSSR count). The maximum Gasteiger partial charge on any atom is 0.409 e. The van der Waals surface area contributed by atoms with Crippen molar-refractivity contribution in [1.29, 1.82) is 0 Å². The standard InChI is InChI=1S/C23H23ClN6O2/c1-23(2,3)14-6-5-7-15(28-22(31)32)19(14)20-27-16-12-13(8-9-17(16)30(20)4)26-18-10-11-25-21(24)29-18/h5-12,28H,1-4H3,(H,31,32)(H,25,26,29). The summed E-state index contributed by atoms with van der Waals surface area (Å²) in [6.07, 6.45) is 0.459. The van der Waals surface area contributed by atoms with E-state index < -0.39 is 6.09 Å². The van der Waals surface area contributed by atoms with Crippen molar-refractivity contribution in [2.75, 3.05) is 10.6 Å². The Morgan fingerprint density at radius 2 is 1.91 bits per heavy atom. The van der Waals surface area contributed by atoms with Crippen molar-refractivity contribution in [3.8, 4) is 11.4 Å². The highest BCUT2D eigenvalue weighted by atomic mass is 35.5. The van der Waals surface area contributed by atoms with E-state index in [1.165, 1.54) is 0 Å². The zero-order valence-corrected chi connectivity index (χ0v) is 18.9. The van der Waals surface area contributed by atoms with E-state index in [-0.39, 0.29) is 10.7 Å². The number of carbonyl (C=O) groups is 1. The van der Waals surface area contributed by atoms with Crippen LogP contribution in [0.3, 0.4) is 0 Å². The molecule has 1 amide bonds. The van der Waals surface area contributed by atoms with Gasteiger partial charge in [0.05, 0.1) is 16.7 Å². The lowest BCUT2D eigenvalue weighted by molar-refractivity contribution is 0.209. The van der Waals surface area contributed by atoms with E-state index in [9.17, 15) is 9.90 Å². The first-order valence-electron chi connectivity index (χ1n) is 9.99. The second-order valence-corrected chi connectivity index (χ2v) is 8.78. The molecule has 2 aromatic carbocycles. The molecule has 0 fully saturated rings. The average molecular weight is 451 g/mol. The number of nitrogens with zero attached hydrogens (tertiary/aromatic N) is 4. The molecule has 0 aliphatic heterocycles. The fraction of sp³-hybridized carbons (Fsp3) is 0.217. The Morgan fingerprint density at radius 1 is 1.12 bits per heavy atom. The Morgan fingerprint density at radius 3 is 2.59 bits per heavy atom. The number of anilines is 3. The second kappa shape index (κ2) is 8.12. The number of hydrogen-bond acceptors (Lipinski definition) is 5. The molecular weight excluding hydrogens is 428 g/mol. The van der Waals surface area contributed by atoms with Crippen LogP contribution in [0.4, 0.5) is 22.0 Å². The molecule has 8 nitrogen and oxygen atoms in total. The van der Waals surface area contributed by atoms with Gasteiger partial charge in [-0.1, -0.05) is 32.9 Å². The van der Waals surface area contributed by atoms with E-state index in [0.717, 1.165) is 27.8 Å². The van der Waals surface area contributed by atoms with Crippen molar-refractivity contribution < 1.29 is 9.90 Å². The van der Waals surface area contributed by atoms with Gasteiger partial charge >= 0.3 is 6.09 Å². The number of nitrogens with one attached hydrogen (secondary N) is 2. The van der Waals surface area contributed by atoms with Crippen molar-refractivity contribution in [1.82, 2.24) is 19.5 Å². The zero-order valence-electron chi connectivity index (χ0n) is 18.1. The van der Waals surface area contributed by atoms with E-state index in [0.29, 0.717) is 17.3 Å². The van der Waals surface area contributed by atoms with E-state index in [2.05, 4.69) is 41.4 Å². The summed E-state index contributed by atoms with van der Waals surface area (Å²) in [5.41, 5.74) is 4.51. The van der Waals surface area contributed by atoms with Gasteiger partial charge in [-0.15, -0.1) is 0 Å². The maximum absolute atomic E-state index is 11.4. The maximum atomic E-state index is 11.4. The molecule has 3 N–H and O–H groups in total. The smallest absolute Gasteiger partial charge is 0.409 e. The van der Waals surface area contributed by atoms with Crippen LogP contribution >= 0.6 is 11.6 Å². The van der Waals surface area contributed by atoms with Gasteiger partial charge in [0.15, 0.2) is 0 Å². The van der Waals surface area contributed by atoms with Crippen molar-refractivity contribution in [2.45, 2.75) is 26.2 Å². The molecule has 0 atom stereocenters. The van der Waals surface area contributed by atoms with Gasteiger partial charge in [-0.05, 0) is 52.9 Å². The highest BCUT2D eigenvalue weighted by Gasteiger charge is 2.25. The highest BCUT2D eigenvalue weighted by molar-refractivity contribution is 6.28. The Bertz CT molecular complexity index is 1330. The van der Waals surface area contributed by atoms with Gasteiger partial charge in [-0.25, -0.2) is 19.7 Å². The summed E-state index contributed by atoms with van der Waals surface area (Å²) in [5, 5.41) is 15.3. The van der Waals surface area contributed by atoms with Crippen molar-refractivity contribution in [3.63, 3.8) is 0 Å². The van der Waals surface area contributed by atoms with Crippen LogP contribution in [-0.2, 0) is 12.5 Å². The Hall–Kier alpha value is -3.65. The number of rotatable bonds is 4. The third-order valence-corrected chi connectivity index (χ3v) is 5.30. The minimum Gasteiger partial charge on any atom is -0.465 e. The van der Waals surface area contributed by atoms with Crippen molar-refractivity contribution in [2.24, 2.45) is 7.05 Å². The van der Waals surface area contributed by atoms with Crippen LogP contribution in [0.2, 0.25) is 5.28 Å². The molecule has 4 aromatic rings. The fourth-order valence-electron chi connectivity index (χ4n) is 3.69. The summed E-state index contributed by atoms with van der Waals surface area (Å²) >= 11 is 5.87. The molecule has 32 heavy (non-hydrogen) atoms. The third kappa shape index (κ3) is 4.22. The largest absolute Gasteiger partial charge is 0.465 e. The number of benzene rings is 2. The van der Waals surface area contributed by atoms with Gasteiger partial charge in [0.25, 0.3) is 0 Å². The predicted molar refractivity (Wildman–Crippen MR) is 127 cm³/mol. The van der Waals surface area contributed by atoms with Gasteiger partial charge in [0.1, 0.15) is 11.6 Å². The van der Waals surface area contributed by atoms with Gasteiger partial charge < -0.3 is 15.0 Å². The molecule has 0 aliphatic rings. The highest BCUT2D eigenvalue weighted by Crippen LogP contribution is 2.39. The first-order valence-corrected chi connectivity index (χ1v) is 10.4. The van der Waals surface area contributed by atoms with Crippen LogP contribution in [0.5, 0.6) is 0 Å². The van der Waals surface area contributed by atoms with Gasteiger partial charge in [0, 0.05) is 24.5 Å². The summed E-state index contributed by atoms with van der Waals surface area (Å²) in [7, 11) is 1.92. The molecule has 2 aromatic heterocycles. The number of hydrogen-bond donors (Lipinski definition) is 3. The van der Waals surface area contributed by atoms with E-state index in [1.54, 1.807) is 18.3 Å². The summed E-state index contributed by atoms with van der Waals surface area (Å²) in [6, 6.07) is 13.1. The Balaban J connectivity index is 1.85. The van der Waals surface area contributed by atoms with Crippen LogP contribution in [-0.4, -0.2) is 30.7 Å². The first kappa shape index (κ1) is 21.6. The fourth-order valence-corrected chi connectivity index (χ4v) is 3.84. The lowest BCUT2D eigenvalue weighted by atomic mass is 9.83. The molecule has 0 saturated carbocycles. The Kier molecular flexibility index (Phi) is 5.48. The molecule has 2 heterocycles. The Labute approximate surface area is 190 Å². The molecule has 164 valence electrons. The quantitative estimate of drug-likeness (QED) is 0.338. The third-order valence-electron chi connectivity index (χ3n) is 5.12. The summed E-state index contributed by atoms with van der Waals surface area (Å²) in [5.74, 6) is 1.25. The number of halogens is 1. The van der Waals surface area contributed by atoms with Gasteiger partial charge in [-0.2, -0.15) is 0 Å². The summed E-state index contributed by atoms with van der Waals surface area (Å²) in [6.45, 7) is 6.27.